The fraction of sp³-hybridized carbons (Fsp3) is 0.400. The van der Waals surface area contributed by atoms with Crippen LogP contribution in [0.3, 0.4) is 0 Å². The van der Waals surface area contributed by atoms with Crippen LogP contribution in [-0.2, 0) is 34.0 Å². The minimum absolute atomic E-state index is 0.0569. The van der Waals surface area contributed by atoms with Gasteiger partial charge in [-0.25, -0.2) is 15.1 Å². The second-order valence-corrected chi connectivity index (χ2v) is 11.6. The minimum Gasteiger partial charge on any atom is -0.367 e. The van der Waals surface area contributed by atoms with Gasteiger partial charge in [-0.1, -0.05) is 24.3 Å². The van der Waals surface area contributed by atoms with Crippen molar-refractivity contribution in [2.75, 3.05) is 18.5 Å². The van der Waals surface area contributed by atoms with E-state index in [1.165, 1.54) is 28.8 Å². The molecule has 3 heterocycles. The zero-order valence-electron chi connectivity index (χ0n) is 19.8. The summed E-state index contributed by atoms with van der Waals surface area (Å²) in [6.07, 6.45) is 6.34. The molecule has 1 saturated carbocycles. The van der Waals surface area contributed by atoms with Crippen molar-refractivity contribution in [3.05, 3.63) is 75.4 Å². The fourth-order valence-electron chi connectivity index (χ4n) is 5.01. The highest BCUT2D eigenvalue weighted by Gasteiger charge is 2.28. The smallest absolute Gasteiger partial charge is 0.333 e. The summed E-state index contributed by atoms with van der Waals surface area (Å²) in [5.41, 5.74) is 4.35. The van der Waals surface area contributed by atoms with Crippen molar-refractivity contribution < 1.29 is 17.4 Å². The number of hydrogen-bond acceptors (Lipinski definition) is 9. The molecule has 1 aliphatic carbocycles. The van der Waals surface area contributed by atoms with Crippen molar-refractivity contribution in [3.8, 4) is 0 Å². The SMILES string of the molecule is NS(=O)(=O)OCC1CCC(Nc2ncncc2C(=O)c2cc(CN3CCc4ccccc4C3)cs2)C1. The number of rotatable bonds is 9. The summed E-state index contributed by atoms with van der Waals surface area (Å²) < 4.78 is 26.9. The third-order valence-electron chi connectivity index (χ3n) is 6.80. The third kappa shape index (κ3) is 6.16. The number of nitrogens with two attached hydrogens (primary N) is 1. The number of fused-ring (bicyclic) bond motifs is 1. The van der Waals surface area contributed by atoms with Crippen molar-refractivity contribution in [2.24, 2.45) is 11.1 Å². The first kappa shape index (κ1) is 25.0. The molecule has 5 rings (SSSR count). The number of hydrogen-bond donors (Lipinski definition) is 2. The largest absolute Gasteiger partial charge is 0.367 e. The van der Waals surface area contributed by atoms with Gasteiger partial charge in [0.15, 0.2) is 0 Å². The molecule has 1 aliphatic heterocycles. The maximum absolute atomic E-state index is 13.4. The van der Waals surface area contributed by atoms with Gasteiger partial charge in [0.1, 0.15) is 12.1 Å². The lowest BCUT2D eigenvalue weighted by atomic mass is 10.00. The molecule has 0 spiro atoms. The molecule has 1 fully saturated rings. The molecular weight excluding hydrogens is 498 g/mol. The molecule has 3 N–H and O–H groups in total. The van der Waals surface area contributed by atoms with Crippen molar-refractivity contribution in [2.45, 2.75) is 44.8 Å². The highest BCUT2D eigenvalue weighted by atomic mass is 32.2. The van der Waals surface area contributed by atoms with E-state index in [1.54, 1.807) is 6.20 Å². The maximum atomic E-state index is 13.4. The summed E-state index contributed by atoms with van der Waals surface area (Å²) in [6.45, 7) is 2.79. The lowest BCUT2D eigenvalue weighted by Gasteiger charge is -2.28. The monoisotopic (exact) mass is 527 g/mol. The highest BCUT2D eigenvalue weighted by Crippen LogP contribution is 2.30. The van der Waals surface area contributed by atoms with Gasteiger partial charge in [0.2, 0.25) is 5.78 Å². The van der Waals surface area contributed by atoms with Crippen molar-refractivity contribution in [1.82, 2.24) is 14.9 Å². The number of benzene rings is 1. The molecule has 9 nitrogen and oxygen atoms in total. The predicted octanol–water partition coefficient (Wildman–Crippen LogP) is 3.13. The van der Waals surface area contributed by atoms with Gasteiger partial charge < -0.3 is 5.32 Å². The lowest BCUT2D eigenvalue weighted by molar-refractivity contribution is 0.104. The fourth-order valence-corrected chi connectivity index (χ4v) is 6.25. The van der Waals surface area contributed by atoms with E-state index in [2.05, 4.69) is 49.8 Å². The molecule has 190 valence electrons. The molecule has 36 heavy (non-hydrogen) atoms. The first-order valence-corrected chi connectivity index (χ1v) is 14.3. The van der Waals surface area contributed by atoms with Crippen LogP contribution in [0.5, 0.6) is 0 Å². The van der Waals surface area contributed by atoms with Crippen molar-refractivity contribution in [1.29, 1.82) is 0 Å². The van der Waals surface area contributed by atoms with Crippen molar-refractivity contribution >= 4 is 33.2 Å². The first-order valence-electron chi connectivity index (χ1n) is 12.0. The van der Waals surface area contributed by atoms with E-state index < -0.39 is 10.3 Å². The number of ketones is 1. The zero-order valence-corrected chi connectivity index (χ0v) is 21.4. The summed E-state index contributed by atoms with van der Waals surface area (Å²) in [7, 11) is -3.94. The number of thiophene rings is 1. The van der Waals surface area contributed by atoms with Crippen LogP contribution in [0.4, 0.5) is 5.82 Å². The molecule has 3 aromatic rings. The second kappa shape index (κ2) is 10.7. The Balaban J connectivity index is 1.21. The van der Waals surface area contributed by atoms with Gasteiger partial charge in [0, 0.05) is 31.9 Å². The Hall–Kier alpha value is -2.70. The molecule has 1 aromatic carbocycles. The van der Waals surface area contributed by atoms with E-state index >= 15 is 0 Å². The number of nitrogens with one attached hydrogen (secondary N) is 1. The van der Waals surface area contributed by atoms with E-state index in [4.69, 9.17) is 9.32 Å². The molecule has 2 aliphatic rings. The summed E-state index contributed by atoms with van der Waals surface area (Å²) in [5.74, 6) is 0.462. The Bertz CT molecular complexity index is 1340. The van der Waals surface area contributed by atoms with Crippen molar-refractivity contribution in [3.63, 3.8) is 0 Å². The topological polar surface area (TPSA) is 128 Å². The quantitative estimate of drug-likeness (QED) is 0.406. The number of anilines is 1. The number of carbonyl (C=O) groups is 1. The van der Waals surface area contributed by atoms with Gasteiger partial charge in [0.25, 0.3) is 0 Å². The van der Waals surface area contributed by atoms with E-state index in [9.17, 15) is 13.2 Å². The predicted molar refractivity (Wildman–Crippen MR) is 138 cm³/mol. The Labute approximate surface area is 215 Å². The summed E-state index contributed by atoms with van der Waals surface area (Å²) in [6, 6.07) is 10.6. The first-order chi connectivity index (χ1) is 17.3. The van der Waals surface area contributed by atoms with Crippen LogP contribution in [0.15, 0.2) is 48.2 Å². The Kier molecular flexibility index (Phi) is 7.44. The van der Waals surface area contributed by atoms with Gasteiger partial charge >= 0.3 is 10.3 Å². The van der Waals surface area contributed by atoms with E-state index in [0.717, 1.165) is 44.5 Å². The molecule has 2 unspecified atom stereocenters. The second-order valence-electron chi connectivity index (χ2n) is 9.46. The van der Waals surface area contributed by atoms with Gasteiger partial charge in [-0.05, 0) is 59.7 Å². The maximum Gasteiger partial charge on any atom is 0.333 e. The van der Waals surface area contributed by atoms with Crippen LogP contribution in [0, 0.1) is 5.92 Å². The average Bonchev–Trinajstić information content (AvgIpc) is 3.52. The minimum atomic E-state index is -3.94. The molecular formula is C25H29N5O4S2. The molecule has 0 radical (unpaired) electrons. The molecule has 0 bridgehead atoms. The van der Waals surface area contributed by atoms with Crippen LogP contribution in [0.2, 0.25) is 0 Å². The van der Waals surface area contributed by atoms with Gasteiger partial charge in [0.05, 0.1) is 17.0 Å². The number of nitrogens with zero attached hydrogens (tertiary/aromatic N) is 3. The number of carbonyl (C=O) groups excluding carboxylic acids is 1. The molecule has 2 atom stereocenters. The van der Waals surface area contributed by atoms with Crippen LogP contribution in [0.25, 0.3) is 0 Å². The Morgan fingerprint density at radius 3 is 2.92 bits per heavy atom. The van der Waals surface area contributed by atoms with Crippen LogP contribution in [-0.4, -0.2) is 48.3 Å². The van der Waals surface area contributed by atoms with Crippen LogP contribution in [0.1, 0.15) is 51.2 Å². The summed E-state index contributed by atoms with van der Waals surface area (Å²) in [4.78, 5) is 24.8. The average molecular weight is 528 g/mol. The summed E-state index contributed by atoms with van der Waals surface area (Å²) in [5, 5.41) is 10.3. The van der Waals surface area contributed by atoms with E-state index in [0.29, 0.717) is 22.7 Å². The van der Waals surface area contributed by atoms with E-state index in [1.807, 2.05) is 6.07 Å². The lowest BCUT2D eigenvalue weighted by Crippen LogP contribution is -2.29. The molecule has 0 saturated heterocycles. The van der Waals surface area contributed by atoms with Gasteiger partial charge in [-0.3, -0.25) is 13.9 Å². The van der Waals surface area contributed by atoms with E-state index in [-0.39, 0.29) is 24.3 Å². The Morgan fingerprint density at radius 2 is 2.08 bits per heavy atom. The third-order valence-corrected chi connectivity index (χ3v) is 8.24. The molecule has 0 amide bonds. The zero-order chi connectivity index (χ0) is 25.1. The molecule has 11 heteroatoms. The number of aromatic nitrogens is 2. The van der Waals surface area contributed by atoms with Crippen LogP contribution >= 0.6 is 11.3 Å². The Morgan fingerprint density at radius 1 is 1.25 bits per heavy atom. The van der Waals surface area contributed by atoms with Gasteiger partial charge in [-0.2, -0.15) is 8.42 Å². The van der Waals surface area contributed by atoms with Gasteiger partial charge in [-0.15, -0.1) is 11.3 Å². The normalized spacial score (nSPS) is 20.2. The standard InChI is InChI=1S/C25H29N5O4S2/c26-36(32,33)34-14-17-5-6-21(9-17)29-25-22(11-27-16-28-25)24(31)23-10-18(15-35-23)12-30-8-7-19-3-1-2-4-20(19)13-30/h1-4,10-11,15-17,21H,5-9,12-14H2,(H2,26,32,33)(H,27,28,29). The highest BCUT2D eigenvalue weighted by molar-refractivity contribution is 7.84. The molecule has 2 aromatic heterocycles. The summed E-state index contributed by atoms with van der Waals surface area (Å²) >= 11 is 1.44. The van der Waals surface area contributed by atoms with Crippen LogP contribution < -0.4 is 10.5 Å².